The summed E-state index contributed by atoms with van der Waals surface area (Å²) in [6, 6.07) is 7.09. The highest BCUT2D eigenvalue weighted by Crippen LogP contribution is 2.24. The van der Waals surface area contributed by atoms with Crippen LogP contribution >= 0.6 is 0 Å². The van der Waals surface area contributed by atoms with E-state index in [9.17, 15) is 9.59 Å². The maximum atomic E-state index is 11.9. The molecular weight excluding hydrogens is 336 g/mol. The van der Waals surface area contributed by atoms with Gasteiger partial charge in [-0.05, 0) is 30.2 Å². The maximum Gasteiger partial charge on any atom is 0.348 e. The van der Waals surface area contributed by atoms with Gasteiger partial charge in [-0.3, -0.25) is 0 Å². The van der Waals surface area contributed by atoms with Crippen LogP contribution in [0.5, 0.6) is 5.75 Å². The highest BCUT2D eigenvalue weighted by Gasteiger charge is 2.38. The first kappa shape index (κ1) is 17.7. The van der Waals surface area contributed by atoms with Crippen molar-refractivity contribution in [2.45, 2.75) is 32.6 Å². The number of nitrogens with zero attached hydrogens (tertiary/aromatic N) is 2. The third-order valence-electron chi connectivity index (χ3n) is 3.70. The fraction of sp³-hybridized carbons (Fsp3) is 0.316. The van der Waals surface area contributed by atoms with E-state index >= 15 is 0 Å². The molecule has 7 heteroatoms. The van der Waals surface area contributed by atoms with Crippen molar-refractivity contribution in [3.63, 3.8) is 0 Å². The Kier molecular flexibility index (Phi) is 5.06. The Hall–Kier alpha value is -3.09. The molecule has 26 heavy (non-hydrogen) atoms. The zero-order chi connectivity index (χ0) is 18.6. The molecule has 0 aliphatic carbocycles. The van der Waals surface area contributed by atoms with Gasteiger partial charge in [0, 0.05) is 32.8 Å². The fourth-order valence-electron chi connectivity index (χ4n) is 2.46. The lowest BCUT2D eigenvalue weighted by Gasteiger charge is -2.29. The van der Waals surface area contributed by atoms with Crippen molar-refractivity contribution < 1.29 is 23.8 Å². The standard InChI is InChI=1S/C19H20N2O5/c1-19(2)25-17(22)16(18(23)26-19)12-14-4-6-15(7-5-14)24-11-3-9-21-10-8-20-13-21/h4-8,10,12-13H,3,9,11H2,1-2H3. The predicted molar refractivity (Wildman–Crippen MR) is 93.0 cm³/mol. The first-order chi connectivity index (χ1) is 12.4. The van der Waals surface area contributed by atoms with E-state index in [0.29, 0.717) is 17.9 Å². The molecule has 0 saturated carbocycles. The van der Waals surface area contributed by atoms with Crippen LogP contribution in [0, 0.1) is 0 Å². The van der Waals surface area contributed by atoms with Gasteiger partial charge in [-0.1, -0.05) is 12.1 Å². The molecule has 0 unspecified atom stereocenters. The van der Waals surface area contributed by atoms with E-state index in [-0.39, 0.29) is 5.57 Å². The minimum Gasteiger partial charge on any atom is -0.494 e. The Bertz CT molecular complexity index is 785. The maximum absolute atomic E-state index is 11.9. The average molecular weight is 356 g/mol. The molecule has 3 rings (SSSR count). The molecule has 1 fully saturated rings. The van der Waals surface area contributed by atoms with Crippen LogP contribution in [0.15, 0.2) is 48.6 Å². The average Bonchev–Trinajstić information content (AvgIpc) is 3.09. The van der Waals surface area contributed by atoms with Crippen LogP contribution < -0.4 is 4.74 Å². The van der Waals surface area contributed by atoms with Crippen LogP contribution in [0.1, 0.15) is 25.8 Å². The van der Waals surface area contributed by atoms with Gasteiger partial charge in [0.15, 0.2) is 0 Å². The Morgan fingerprint density at radius 2 is 1.85 bits per heavy atom. The summed E-state index contributed by atoms with van der Waals surface area (Å²) >= 11 is 0. The van der Waals surface area contributed by atoms with E-state index < -0.39 is 17.7 Å². The minimum absolute atomic E-state index is 0.127. The van der Waals surface area contributed by atoms with Crippen LogP contribution in [0.3, 0.4) is 0 Å². The normalized spacial score (nSPS) is 16.0. The van der Waals surface area contributed by atoms with Crippen molar-refractivity contribution in [3.8, 4) is 5.75 Å². The molecule has 0 amide bonds. The highest BCUT2D eigenvalue weighted by molar-refractivity contribution is 6.18. The molecule has 1 aromatic carbocycles. The summed E-state index contributed by atoms with van der Waals surface area (Å²) < 4.78 is 17.8. The number of ether oxygens (including phenoxy) is 3. The fourth-order valence-corrected chi connectivity index (χ4v) is 2.46. The van der Waals surface area contributed by atoms with Gasteiger partial charge < -0.3 is 18.8 Å². The van der Waals surface area contributed by atoms with Gasteiger partial charge in [0.25, 0.3) is 5.79 Å². The first-order valence-electron chi connectivity index (χ1n) is 8.30. The van der Waals surface area contributed by atoms with Crippen molar-refractivity contribution >= 4 is 18.0 Å². The highest BCUT2D eigenvalue weighted by atomic mass is 16.7. The molecule has 1 aliphatic heterocycles. The molecule has 0 radical (unpaired) electrons. The quantitative estimate of drug-likeness (QED) is 0.343. The number of imidazole rings is 1. The summed E-state index contributed by atoms with van der Waals surface area (Å²) in [6.07, 6.45) is 7.72. The van der Waals surface area contributed by atoms with Gasteiger partial charge in [0.05, 0.1) is 12.9 Å². The number of carbonyl (C=O) groups is 2. The second-order valence-corrected chi connectivity index (χ2v) is 6.31. The number of hydrogen-bond acceptors (Lipinski definition) is 6. The van der Waals surface area contributed by atoms with E-state index in [1.807, 2.05) is 10.8 Å². The van der Waals surface area contributed by atoms with Gasteiger partial charge in [-0.15, -0.1) is 0 Å². The van der Waals surface area contributed by atoms with E-state index in [0.717, 1.165) is 13.0 Å². The van der Waals surface area contributed by atoms with Crippen LogP contribution in [0.25, 0.3) is 6.08 Å². The lowest BCUT2D eigenvalue weighted by Crippen LogP contribution is -2.41. The number of benzene rings is 1. The number of aromatic nitrogens is 2. The second kappa shape index (κ2) is 7.43. The summed E-state index contributed by atoms with van der Waals surface area (Å²) in [5.74, 6) is -1.90. The van der Waals surface area contributed by atoms with Crippen molar-refractivity contribution in [2.24, 2.45) is 0 Å². The van der Waals surface area contributed by atoms with Crippen molar-refractivity contribution in [1.29, 1.82) is 0 Å². The molecule has 0 bridgehead atoms. The molecule has 2 aromatic rings. The smallest absolute Gasteiger partial charge is 0.348 e. The zero-order valence-corrected chi connectivity index (χ0v) is 14.7. The molecular formula is C19H20N2O5. The third kappa shape index (κ3) is 4.50. The molecule has 1 aliphatic rings. The minimum atomic E-state index is -1.24. The lowest BCUT2D eigenvalue weighted by atomic mass is 10.1. The number of aryl methyl sites for hydroxylation is 1. The summed E-state index contributed by atoms with van der Waals surface area (Å²) in [4.78, 5) is 27.9. The zero-order valence-electron chi connectivity index (χ0n) is 14.7. The number of carbonyl (C=O) groups excluding carboxylic acids is 2. The molecule has 1 saturated heterocycles. The van der Waals surface area contributed by atoms with Gasteiger partial charge in [-0.25, -0.2) is 14.6 Å². The number of rotatable bonds is 6. The van der Waals surface area contributed by atoms with E-state index in [4.69, 9.17) is 14.2 Å². The van der Waals surface area contributed by atoms with Gasteiger partial charge in [0.2, 0.25) is 0 Å². The summed E-state index contributed by atoms with van der Waals surface area (Å²) in [7, 11) is 0. The molecule has 0 atom stereocenters. The van der Waals surface area contributed by atoms with Crippen molar-refractivity contribution in [2.75, 3.05) is 6.61 Å². The van der Waals surface area contributed by atoms with Gasteiger partial charge in [-0.2, -0.15) is 0 Å². The molecule has 2 heterocycles. The SMILES string of the molecule is CC1(C)OC(=O)C(=Cc2ccc(OCCCn3ccnc3)cc2)C(=O)O1. The molecule has 136 valence electrons. The van der Waals surface area contributed by atoms with Crippen LogP contribution in [-0.2, 0) is 25.6 Å². The largest absolute Gasteiger partial charge is 0.494 e. The Morgan fingerprint density at radius 3 is 2.46 bits per heavy atom. The molecule has 0 spiro atoms. The number of cyclic esters (lactones) is 2. The van der Waals surface area contributed by atoms with Crippen molar-refractivity contribution in [1.82, 2.24) is 9.55 Å². The van der Waals surface area contributed by atoms with Crippen LogP contribution in [-0.4, -0.2) is 33.9 Å². The molecule has 7 nitrogen and oxygen atoms in total. The number of esters is 2. The van der Waals surface area contributed by atoms with Crippen LogP contribution in [0.4, 0.5) is 0 Å². The van der Waals surface area contributed by atoms with E-state index in [1.54, 1.807) is 36.8 Å². The number of hydrogen-bond donors (Lipinski definition) is 0. The van der Waals surface area contributed by atoms with E-state index in [1.165, 1.54) is 19.9 Å². The van der Waals surface area contributed by atoms with Gasteiger partial charge >= 0.3 is 11.9 Å². The third-order valence-corrected chi connectivity index (χ3v) is 3.70. The Labute approximate surface area is 151 Å². The monoisotopic (exact) mass is 356 g/mol. The van der Waals surface area contributed by atoms with E-state index in [2.05, 4.69) is 4.98 Å². The molecule has 0 N–H and O–H groups in total. The lowest BCUT2D eigenvalue weighted by molar-refractivity contribution is -0.222. The topological polar surface area (TPSA) is 79.7 Å². The van der Waals surface area contributed by atoms with Gasteiger partial charge in [0.1, 0.15) is 11.3 Å². The summed E-state index contributed by atoms with van der Waals surface area (Å²) in [5, 5.41) is 0. The van der Waals surface area contributed by atoms with Crippen molar-refractivity contribution in [3.05, 3.63) is 54.1 Å². The second-order valence-electron chi connectivity index (χ2n) is 6.31. The predicted octanol–water partition coefficient (Wildman–Crippen LogP) is 2.57. The Balaban J connectivity index is 1.55. The Morgan fingerprint density at radius 1 is 1.15 bits per heavy atom. The summed E-state index contributed by atoms with van der Waals surface area (Å²) in [6.45, 7) is 4.44. The molecule has 1 aromatic heterocycles. The summed E-state index contributed by atoms with van der Waals surface area (Å²) in [5.41, 5.74) is 0.553. The van der Waals surface area contributed by atoms with Crippen LogP contribution in [0.2, 0.25) is 0 Å². The first-order valence-corrected chi connectivity index (χ1v) is 8.30.